The number of aromatic nitrogens is 1. The highest BCUT2D eigenvalue weighted by Crippen LogP contribution is 2.18. The van der Waals surface area contributed by atoms with Crippen molar-refractivity contribution in [3.8, 4) is 5.75 Å². The predicted octanol–water partition coefficient (Wildman–Crippen LogP) is 3.41. The number of ether oxygens (including phenoxy) is 1. The minimum Gasteiger partial charge on any atom is -0.486 e. The third kappa shape index (κ3) is 5.38. The smallest absolute Gasteiger partial charge is 0.289 e. The fourth-order valence-corrected chi connectivity index (χ4v) is 3.53. The Bertz CT molecular complexity index is 1020. The molecule has 4 rings (SSSR count). The van der Waals surface area contributed by atoms with E-state index in [2.05, 4.69) is 16.0 Å². The average molecular weight is 419 g/mol. The average Bonchev–Trinajstić information content (AvgIpc) is 3.28. The van der Waals surface area contributed by atoms with Gasteiger partial charge in [0, 0.05) is 50.7 Å². The van der Waals surface area contributed by atoms with Crippen LogP contribution in [0.4, 0.5) is 0 Å². The molecule has 7 heteroatoms. The molecule has 1 fully saturated rings. The molecule has 1 amide bonds. The van der Waals surface area contributed by atoms with Crippen LogP contribution < -0.4 is 4.74 Å². The summed E-state index contributed by atoms with van der Waals surface area (Å²) in [5.74, 6) is 1.45. The first-order valence-corrected chi connectivity index (χ1v) is 10.3. The number of pyridine rings is 1. The number of hydrogen-bond donors (Lipinski definition) is 0. The molecule has 1 aliphatic rings. The zero-order valence-electron chi connectivity index (χ0n) is 17.5. The number of amides is 1. The van der Waals surface area contributed by atoms with Crippen molar-refractivity contribution >= 4 is 11.7 Å². The first kappa shape index (κ1) is 20.8. The van der Waals surface area contributed by atoms with Gasteiger partial charge >= 0.3 is 0 Å². The lowest BCUT2D eigenvalue weighted by molar-refractivity contribution is 0.0594. The van der Waals surface area contributed by atoms with Crippen LogP contribution in [0.5, 0.6) is 5.75 Å². The summed E-state index contributed by atoms with van der Waals surface area (Å²) < 4.78 is 11.4. The first-order valence-electron chi connectivity index (χ1n) is 10.3. The van der Waals surface area contributed by atoms with Gasteiger partial charge in [0.15, 0.2) is 11.5 Å². The monoisotopic (exact) mass is 419 g/mol. The normalized spacial score (nSPS) is 14.4. The summed E-state index contributed by atoms with van der Waals surface area (Å²) >= 11 is 0. The van der Waals surface area contributed by atoms with Crippen LogP contribution in [-0.2, 0) is 13.2 Å². The molecule has 31 heavy (non-hydrogen) atoms. The van der Waals surface area contributed by atoms with E-state index < -0.39 is 0 Å². The highest BCUT2D eigenvalue weighted by atomic mass is 16.5. The SMILES string of the molecule is CC(=O)c1ccc(OCc2ccc(C(=O)N3CCN(Cc4cccnc4)CC3)o2)cc1. The molecule has 0 bridgehead atoms. The molecule has 3 heterocycles. The molecular weight excluding hydrogens is 394 g/mol. The molecule has 2 aromatic heterocycles. The van der Waals surface area contributed by atoms with Gasteiger partial charge in [0.05, 0.1) is 0 Å². The van der Waals surface area contributed by atoms with Gasteiger partial charge < -0.3 is 14.1 Å². The maximum absolute atomic E-state index is 12.8. The Morgan fingerprint density at radius 2 is 1.81 bits per heavy atom. The zero-order valence-corrected chi connectivity index (χ0v) is 17.5. The van der Waals surface area contributed by atoms with Gasteiger partial charge in [-0.2, -0.15) is 0 Å². The van der Waals surface area contributed by atoms with Crippen LogP contribution in [0.1, 0.15) is 39.2 Å². The topological polar surface area (TPSA) is 75.9 Å². The molecule has 3 aromatic rings. The Labute approximate surface area is 181 Å². The molecule has 7 nitrogen and oxygen atoms in total. The zero-order chi connectivity index (χ0) is 21.6. The number of rotatable bonds is 7. The number of nitrogens with zero attached hydrogens (tertiary/aromatic N) is 3. The van der Waals surface area contributed by atoms with Gasteiger partial charge in [-0.3, -0.25) is 19.5 Å². The van der Waals surface area contributed by atoms with E-state index in [-0.39, 0.29) is 18.3 Å². The molecular formula is C24H25N3O4. The first-order chi connectivity index (χ1) is 15.1. The largest absolute Gasteiger partial charge is 0.486 e. The van der Waals surface area contributed by atoms with Crippen molar-refractivity contribution in [1.29, 1.82) is 0 Å². The summed E-state index contributed by atoms with van der Waals surface area (Å²) in [6.07, 6.45) is 3.65. The van der Waals surface area contributed by atoms with E-state index in [1.165, 1.54) is 12.5 Å². The van der Waals surface area contributed by atoms with Crippen LogP contribution >= 0.6 is 0 Å². The maximum Gasteiger partial charge on any atom is 0.289 e. The minimum absolute atomic E-state index is 0.0126. The minimum atomic E-state index is -0.0990. The Hall–Kier alpha value is -3.45. The third-order valence-electron chi connectivity index (χ3n) is 5.30. The summed E-state index contributed by atoms with van der Waals surface area (Å²) in [6.45, 7) is 5.53. The van der Waals surface area contributed by atoms with Crippen molar-refractivity contribution in [3.05, 3.63) is 83.6 Å². The number of hydrogen-bond acceptors (Lipinski definition) is 6. The van der Waals surface area contributed by atoms with Gasteiger partial charge in [0.25, 0.3) is 5.91 Å². The van der Waals surface area contributed by atoms with Gasteiger partial charge in [-0.1, -0.05) is 6.07 Å². The Kier molecular flexibility index (Phi) is 6.43. The number of carbonyl (C=O) groups is 2. The lowest BCUT2D eigenvalue weighted by Crippen LogP contribution is -2.48. The number of piperazine rings is 1. The van der Waals surface area contributed by atoms with Crippen molar-refractivity contribution in [2.45, 2.75) is 20.1 Å². The molecule has 0 atom stereocenters. The van der Waals surface area contributed by atoms with Crippen LogP contribution in [0.15, 0.2) is 65.3 Å². The van der Waals surface area contributed by atoms with E-state index in [1.54, 1.807) is 42.6 Å². The molecule has 0 N–H and O–H groups in total. The van der Waals surface area contributed by atoms with E-state index >= 15 is 0 Å². The number of Topliss-reactive ketones (excluding diaryl/α,β-unsaturated/α-hetero) is 1. The summed E-state index contributed by atoms with van der Waals surface area (Å²) in [4.78, 5) is 32.4. The summed E-state index contributed by atoms with van der Waals surface area (Å²) in [5.41, 5.74) is 1.81. The third-order valence-corrected chi connectivity index (χ3v) is 5.30. The lowest BCUT2D eigenvalue weighted by atomic mass is 10.1. The second-order valence-corrected chi connectivity index (χ2v) is 7.56. The second-order valence-electron chi connectivity index (χ2n) is 7.56. The highest BCUT2D eigenvalue weighted by molar-refractivity contribution is 5.94. The fraction of sp³-hybridized carbons (Fsp3) is 0.292. The Morgan fingerprint density at radius 1 is 1.03 bits per heavy atom. The number of furan rings is 1. The molecule has 1 aromatic carbocycles. The Morgan fingerprint density at radius 3 is 2.48 bits per heavy atom. The van der Waals surface area contributed by atoms with Gasteiger partial charge in [0.2, 0.25) is 0 Å². The summed E-state index contributed by atoms with van der Waals surface area (Å²) in [5, 5.41) is 0. The van der Waals surface area contributed by atoms with E-state index in [4.69, 9.17) is 9.15 Å². The molecule has 0 unspecified atom stereocenters. The molecule has 1 saturated heterocycles. The molecule has 0 aliphatic carbocycles. The van der Waals surface area contributed by atoms with Gasteiger partial charge in [-0.05, 0) is 55.0 Å². The van der Waals surface area contributed by atoms with Crippen LogP contribution in [0.3, 0.4) is 0 Å². The van der Waals surface area contributed by atoms with E-state index in [0.29, 0.717) is 35.9 Å². The summed E-state index contributed by atoms with van der Waals surface area (Å²) in [7, 11) is 0. The summed E-state index contributed by atoms with van der Waals surface area (Å²) in [6, 6.07) is 14.4. The quantitative estimate of drug-likeness (QED) is 0.546. The molecule has 0 radical (unpaired) electrons. The number of ketones is 1. The van der Waals surface area contributed by atoms with Crippen LogP contribution in [0, 0.1) is 0 Å². The van der Waals surface area contributed by atoms with Crippen LogP contribution in [0.2, 0.25) is 0 Å². The second kappa shape index (κ2) is 9.57. The Balaban J connectivity index is 1.27. The van der Waals surface area contributed by atoms with E-state index in [0.717, 1.165) is 19.6 Å². The van der Waals surface area contributed by atoms with Crippen molar-refractivity contribution in [2.24, 2.45) is 0 Å². The number of benzene rings is 1. The van der Waals surface area contributed by atoms with E-state index in [1.807, 2.05) is 17.2 Å². The molecule has 0 spiro atoms. The van der Waals surface area contributed by atoms with Crippen molar-refractivity contribution in [2.75, 3.05) is 26.2 Å². The lowest BCUT2D eigenvalue weighted by Gasteiger charge is -2.34. The highest BCUT2D eigenvalue weighted by Gasteiger charge is 2.24. The standard InChI is InChI=1S/C24H25N3O4/c1-18(28)20-4-6-21(7-5-20)30-17-22-8-9-23(31-22)24(29)27-13-11-26(12-14-27)16-19-3-2-10-25-15-19/h2-10,15H,11-14,16-17H2,1H3. The van der Waals surface area contributed by atoms with Gasteiger partial charge in [0.1, 0.15) is 18.1 Å². The van der Waals surface area contributed by atoms with Crippen LogP contribution in [0.25, 0.3) is 0 Å². The fourth-order valence-electron chi connectivity index (χ4n) is 3.53. The van der Waals surface area contributed by atoms with E-state index in [9.17, 15) is 9.59 Å². The molecule has 1 aliphatic heterocycles. The molecule has 160 valence electrons. The van der Waals surface area contributed by atoms with Crippen LogP contribution in [-0.4, -0.2) is 52.7 Å². The van der Waals surface area contributed by atoms with Gasteiger partial charge in [-0.15, -0.1) is 0 Å². The van der Waals surface area contributed by atoms with Crippen molar-refractivity contribution < 1.29 is 18.7 Å². The molecule has 0 saturated carbocycles. The van der Waals surface area contributed by atoms with Gasteiger partial charge in [-0.25, -0.2) is 0 Å². The van der Waals surface area contributed by atoms with Crippen molar-refractivity contribution in [1.82, 2.24) is 14.8 Å². The maximum atomic E-state index is 12.8. The van der Waals surface area contributed by atoms with Crippen molar-refractivity contribution in [3.63, 3.8) is 0 Å². The number of carbonyl (C=O) groups excluding carboxylic acids is 2. The predicted molar refractivity (Wildman–Crippen MR) is 115 cm³/mol.